The van der Waals surface area contributed by atoms with Crippen LogP contribution in [0.2, 0.25) is 0 Å². The molecule has 1 N–H and O–H groups in total. The van der Waals surface area contributed by atoms with E-state index in [4.69, 9.17) is 9.57 Å². The van der Waals surface area contributed by atoms with Gasteiger partial charge < -0.3 is 4.74 Å². The molecule has 1 aliphatic rings. The minimum absolute atomic E-state index is 0.175. The van der Waals surface area contributed by atoms with Gasteiger partial charge in [0.25, 0.3) is 0 Å². The van der Waals surface area contributed by atoms with E-state index in [1.165, 1.54) is 17.7 Å². The molecular formula is C13H18FNO2. The molecule has 4 heteroatoms. The van der Waals surface area contributed by atoms with Crippen LogP contribution in [-0.4, -0.2) is 26.4 Å². The predicted molar refractivity (Wildman–Crippen MR) is 63.1 cm³/mol. The van der Waals surface area contributed by atoms with E-state index in [2.05, 4.69) is 5.48 Å². The van der Waals surface area contributed by atoms with Gasteiger partial charge in [0.15, 0.2) is 0 Å². The van der Waals surface area contributed by atoms with Gasteiger partial charge in [-0.1, -0.05) is 12.1 Å². The second-order valence-electron chi connectivity index (χ2n) is 4.38. The Morgan fingerprint density at radius 1 is 1.24 bits per heavy atom. The first-order valence-corrected chi connectivity index (χ1v) is 5.91. The Morgan fingerprint density at radius 2 is 1.94 bits per heavy atom. The SMILES string of the molecule is COCCONC1CC(c2ccc(F)cc2)C1. The number of hydroxylamine groups is 1. The Bertz CT molecular complexity index is 336. The van der Waals surface area contributed by atoms with E-state index >= 15 is 0 Å². The van der Waals surface area contributed by atoms with Gasteiger partial charge in [-0.05, 0) is 36.5 Å². The summed E-state index contributed by atoms with van der Waals surface area (Å²) < 4.78 is 17.6. The van der Waals surface area contributed by atoms with Crippen LogP contribution in [0.4, 0.5) is 4.39 Å². The molecule has 1 saturated carbocycles. The number of nitrogens with one attached hydrogen (secondary N) is 1. The van der Waals surface area contributed by atoms with Gasteiger partial charge in [0.2, 0.25) is 0 Å². The number of rotatable bonds is 6. The Kier molecular flexibility index (Phi) is 4.48. The van der Waals surface area contributed by atoms with E-state index in [0.29, 0.717) is 25.2 Å². The highest BCUT2D eigenvalue weighted by molar-refractivity contribution is 5.23. The maximum Gasteiger partial charge on any atom is 0.123 e. The molecule has 1 fully saturated rings. The molecular weight excluding hydrogens is 221 g/mol. The fourth-order valence-corrected chi connectivity index (χ4v) is 2.02. The molecule has 0 saturated heterocycles. The molecule has 1 aromatic rings. The summed E-state index contributed by atoms with van der Waals surface area (Å²) in [7, 11) is 1.65. The first-order chi connectivity index (χ1) is 8.29. The van der Waals surface area contributed by atoms with Crippen molar-refractivity contribution in [3.05, 3.63) is 35.6 Å². The maximum atomic E-state index is 12.7. The van der Waals surface area contributed by atoms with Crippen molar-refractivity contribution in [2.75, 3.05) is 20.3 Å². The molecule has 3 nitrogen and oxygen atoms in total. The van der Waals surface area contributed by atoms with Gasteiger partial charge in [0, 0.05) is 13.2 Å². The van der Waals surface area contributed by atoms with Crippen LogP contribution in [0.15, 0.2) is 24.3 Å². The minimum Gasteiger partial charge on any atom is -0.382 e. The van der Waals surface area contributed by atoms with Crippen molar-refractivity contribution in [2.45, 2.75) is 24.8 Å². The van der Waals surface area contributed by atoms with Crippen LogP contribution >= 0.6 is 0 Å². The summed E-state index contributed by atoms with van der Waals surface area (Å²) in [6, 6.07) is 7.17. The first-order valence-electron chi connectivity index (χ1n) is 5.91. The number of hydrogen-bond donors (Lipinski definition) is 1. The zero-order chi connectivity index (χ0) is 12.1. The van der Waals surface area contributed by atoms with E-state index < -0.39 is 0 Å². The number of ether oxygens (including phenoxy) is 1. The molecule has 17 heavy (non-hydrogen) atoms. The van der Waals surface area contributed by atoms with Crippen molar-refractivity contribution in [3.63, 3.8) is 0 Å². The number of halogens is 1. The van der Waals surface area contributed by atoms with E-state index in [1.54, 1.807) is 7.11 Å². The third kappa shape index (κ3) is 3.49. The van der Waals surface area contributed by atoms with Crippen LogP contribution in [0.3, 0.4) is 0 Å². The highest BCUT2D eigenvalue weighted by Gasteiger charge is 2.30. The van der Waals surface area contributed by atoms with Crippen molar-refractivity contribution < 1.29 is 14.0 Å². The Hall–Kier alpha value is -0.970. The number of methoxy groups -OCH3 is 1. The number of hydrogen-bond acceptors (Lipinski definition) is 3. The van der Waals surface area contributed by atoms with Crippen LogP contribution in [0.1, 0.15) is 24.3 Å². The van der Waals surface area contributed by atoms with Gasteiger partial charge in [-0.15, -0.1) is 0 Å². The van der Waals surface area contributed by atoms with E-state index in [-0.39, 0.29) is 5.82 Å². The van der Waals surface area contributed by atoms with Gasteiger partial charge >= 0.3 is 0 Å². The van der Waals surface area contributed by atoms with Crippen LogP contribution in [-0.2, 0) is 9.57 Å². The molecule has 0 heterocycles. The van der Waals surface area contributed by atoms with Crippen molar-refractivity contribution in [2.24, 2.45) is 0 Å². The van der Waals surface area contributed by atoms with Gasteiger partial charge in [0.05, 0.1) is 13.2 Å². The summed E-state index contributed by atoms with van der Waals surface area (Å²) in [5, 5.41) is 0. The van der Waals surface area contributed by atoms with Crippen molar-refractivity contribution in [3.8, 4) is 0 Å². The Balaban J connectivity index is 1.66. The van der Waals surface area contributed by atoms with E-state index in [0.717, 1.165) is 12.8 Å². The maximum absolute atomic E-state index is 12.7. The molecule has 0 radical (unpaired) electrons. The largest absolute Gasteiger partial charge is 0.382 e. The van der Waals surface area contributed by atoms with Gasteiger partial charge in [-0.25, -0.2) is 4.39 Å². The Labute approximate surface area is 101 Å². The third-order valence-corrected chi connectivity index (χ3v) is 3.12. The average molecular weight is 239 g/mol. The summed E-state index contributed by atoms with van der Waals surface area (Å²) in [5.41, 5.74) is 4.22. The molecule has 94 valence electrons. The molecule has 0 unspecified atom stereocenters. The normalized spacial score (nSPS) is 23.4. The summed E-state index contributed by atoms with van der Waals surface area (Å²) in [5.74, 6) is 0.352. The first kappa shape index (κ1) is 12.5. The summed E-state index contributed by atoms with van der Waals surface area (Å²) >= 11 is 0. The minimum atomic E-state index is -0.175. The molecule has 1 aliphatic carbocycles. The van der Waals surface area contributed by atoms with E-state index in [1.807, 2.05) is 12.1 Å². The lowest BCUT2D eigenvalue weighted by Crippen LogP contribution is -2.40. The second kappa shape index (κ2) is 6.10. The summed E-state index contributed by atoms with van der Waals surface area (Å²) in [6.45, 7) is 1.16. The van der Waals surface area contributed by atoms with Crippen molar-refractivity contribution >= 4 is 0 Å². The zero-order valence-corrected chi connectivity index (χ0v) is 9.99. The summed E-state index contributed by atoms with van der Waals surface area (Å²) in [6.07, 6.45) is 2.08. The molecule has 2 rings (SSSR count). The molecule has 0 atom stereocenters. The molecule has 1 aromatic carbocycles. The zero-order valence-electron chi connectivity index (χ0n) is 9.99. The van der Waals surface area contributed by atoms with E-state index in [9.17, 15) is 4.39 Å². The van der Waals surface area contributed by atoms with Crippen molar-refractivity contribution in [1.29, 1.82) is 0 Å². The van der Waals surface area contributed by atoms with Gasteiger partial charge in [-0.2, -0.15) is 5.48 Å². The molecule has 0 spiro atoms. The van der Waals surface area contributed by atoms with Crippen LogP contribution in [0.25, 0.3) is 0 Å². The molecule has 0 aliphatic heterocycles. The fraction of sp³-hybridized carbons (Fsp3) is 0.538. The topological polar surface area (TPSA) is 30.5 Å². The van der Waals surface area contributed by atoms with Gasteiger partial charge in [0.1, 0.15) is 5.82 Å². The Morgan fingerprint density at radius 3 is 2.59 bits per heavy atom. The smallest absolute Gasteiger partial charge is 0.123 e. The molecule has 0 amide bonds. The van der Waals surface area contributed by atoms with Crippen LogP contribution in [0, 0.1) is 5.82 Å². The second-order valence-corrected chi connectivity index (χ2v) is 4.38. The average Bonchev–Trinajstić information content (AvgIpc) is 2.28. The lowest BCUT2D eigenvalue weighted by molar-refractivity contribution is -0.0303. The van der Waals surface area contributed by atoms with Crippen molar-refractivity contribution in [1.82, 2.24) is 5.48 Å². The fourth-order valence-electron chi connectivity index (χ4n) is 2.02. The lowest BCUT2D eigenvalue weighted by atomic mass is 9.76. The monoisotopic (exact) mass is 239 g/mol. The quantitative estimate of drug-likeness (QED) is 0.610. The van der Waals surface area contributed by atoms with Crippen LogP contribution < -0.4 is 5.48 Å². The van der Waals surface area contributed by atoms with Crippen LogP contribution in [0.5, 0.6) is 0 Å². The molecule has 0 aromatic heterocycles. The predicted octanol–water partition coefficient (Wildman–Crippen LogP) is 2.24. The highest BCUT2D eigenvalue weighted by Crippen LogP contribution is 2.36. The highest BCUT2D eigenvalue weighted by atomic mass is 19.1. The lowest BCUT2D eigenvalue weighted by Gasteiger charge is -2.35. The van der Waals surface area contributed by atoms with Gasteiger partial charge in [-0.3, -0.25) is 4.84 Å². The third-order valence-electron chi connectivity index (χ3n) is 3.12. The summed E-state index contributed by atoms with van der Waals surface area (Å²) in [4.78, 5) is 5.25. The number of benzene rings is 1. The standard InChI is InChI=1S/C13H18FNO2/c1-16-6-7-17-15-13-8-11(9-13)10-2-4-12(14)5-3-10/h2-5,11,13,15H,6-9H2,1H3. The molecule has 0 bridgehead atoms.